The van der Waals surface area contributed by atoms with E-state index < -0.39 is 0 Å². The van der Waals surface area contributed by atoms with E-state index in [1.807, 2.05) is 7.05 Å². The Kier molecular flexibility index (Phi) is 3.94. The highest BCUT2D eigenvalue weighted by Gasteiger charge is 2.22. The third-order valence-corrected chi connectivity index (χ3v) is 3.67. The molecule has 1 aliphatic heterocycles. The largest absolute Gasteiger partial charge is 0.316 e. The Morgan fingerprint density at radius 1 is 1.71 bits per heavy atom. The summed E-state index contributed by atoms with van der Waals surface area (Å²) in [6, 6.07) is 0. The van der Waals surface area contributed by atoms with Crippen LogP contribution in [-0.4, -0.2) is 28.7 Å². The summed E-state index contributed by atoms with van der Waals surface area (Å²) < 4.78 is 1.68. The number of carbonyl (C=O) groups excluding carboxylic acids is 1. The quantitative estimate of drug-likeness (QED) is 0.807. The Hall–Kier alpha value is -1.16. The van der Waals surface area contributed by atoms with E-state index in [1.165, 1.54) is 12.8 Å². The number of aryl methyl sites for hydroxylation is 1. The fraction of sp³-hybridized carbons (Fsp3) is 0.692. The lowest BCUT2D eigenvalue weighted by Gasteiger charge is -2.27. The molecule has 0 spiro atoms. The molecule has 0 aromatic carbocycles. The fourth-order valence-electron chi connectivity index (χ4n) is 2.51. The molecule has 1 saturated heterocycles. The Labute approximate surface area is 102 Å². The molecule has 0 radical (unpaired) electrons. The molecule has 4 heteroatoms. The van der Waals surface area contributed by atoms with Crippen LogP contribution >= 0.6 is 0 Å². The van der Waals surface area contributed by atoms with Gasteiger partial charge in [-0.3, -0.25) is 9.48 Å². The topological polar surface area (TPSA) is 46.9 Å². The van der Waals surface area contributed by atoms with Gasteiger partial charge in [0.15, 0.2) is 5.78 Å². The normalized spacial score (nSPS) is 22.4. The van der Waals surface area contributed by atoms with Crippen LogP contribution in [0.15, 0.2) is 12.4 Å². The number of rotatable bonds is 4. The van der Waals surface area contributed by atoms with E-state index in [0.29, 0.717) is 18.3 Å². The first-order valence-corrected chi connectivity index (χ1v) is 6.39. The van der Waals surface area contributed by atoms with E-state index in [4.69, 9.17) is 0 Å². The van der Waals surface area contributed by atoms with Crippen molar-refractivity contribution in [2.24, 2.45) is 18.9 Å². The van der Waals surface area contributed by atoms with Crippen LogP contribution in [0.1, 0.15) is 36.5 Å². The van der Waals surface area contributed by atoms with Crippen LogP contribution in [0.2, 0.25) is 0 Å². The molecule has 1 aromatic rings. The smallest absolute Gasteiger partial charge is 0.166 e. The third-order valence-electron chi connectivity index (χ3n) is 3.67. The molecule has 1 N–H and O–H groups in total. The van der Waals surface area contributed by atoms with Crippen molar-refractivity contribution in [1.82, 2.24) is 15.1 Å². The SMILES string of the molecule is CC(CC(=O)c1cnn(C)c1)C1CCCNC1. The molecule has 1 aromatic heterocycles. The minimum Gasteiger partial charge on any atom is -0.316 e. The lowest BCUT2D eigenvalue weighted by atomic mass is 9.84. The molecular formula is C13H21N3O. The summed E-state index contributed by atoms with van der Waals surface area (Å²) in [5, 5.41) is 7.45. The van der Waals surface area contributed by atoms with Crippen LogP contribution in [0.4, 0.5) is 0 Å². The first-order valence-electron chi connectivity index (χ1n) is 6.39. The molecule has 17 heavy (non-hydrogen) atoms. The summed E-state index contributed by atoms with van der Waals surface area (Å²) in [6.07, 6.45) is 6.57. The van der Waals surface area contributed by atoms with Gasteiger partial charge in [0, 0.05) is 19.7 Å². The van der Waals surface area contributed by atoms with Gasteiger partial charge in [-0.05, 0) is 37.8 Å². The zero-order chi connectivity index (χ0) is 12.3. The van der Waals surface area contributed by atoms with Gasteiger partial charge >= 0.3 is 0 Å². The molecule has 2 heterocycles. The van der Waals surface area contributed by atoms with Crippen molar-refractivity contribution < 1.29 is 4.79 Å². The van der Waals surface area contributed by atoms with Gasteiger partial charge in [-0.1, -0.05) is 6.92 Å². The summed E-state index contributed by atoms with van der Waals surface area (Å²) in [6.45, 7) is 4.37. The van der Waals surface area contributed by atoms with Gasteiger partial charge in [0.1, 0.15) is 0 Å². The number of ketones is 1. The predicted molar refractivity (Wildman–Crippen MR) is 66.9 cm³/mol. The second kappa shape index (κ2) is 5.45. The maximum Gasteiger partial charge on any atom is 0.166 e. The van der Waals surface area contributed by atoms with Gasteiger partial charge in [0.05, 0.1) is 11.8 Å². The Bertz CT molecular complexity index is 380. The van der Waals surface area contributed by atoms with Crippen molar-refractivity contribution in [1.29, 1.82) is 0 Å². The second-order valence-corrected chi connectivity index (χ2v) is 5.11. The van der Waals surface area contributed by atoms with E-state index in [2.05, 4.69) is 17.3 Å². The number of Topliss-reactive ketones (excluding diaryl/α,β-unsaturated/α-hetero) is 1. The monoisotopic (exact) mass is 235 g/mol. The van der Waals surface area contributed by atoms with Crippen molar-refractivity contribution in [3.63, 3.8) is 0 Å². The number of carbonyl (C=O) groups is 1. The van der Waals surface area contributed by atoms with Gasteiger partial charge in [-0.2, -0.15) is 5.10 Å². The Morgan fingerprint density at radius 3 is 3.12 bits per heavy atom. The van der Waals surface area contributed by atoms with Crippen LogP contribution in [0.3, 0.4) is 0 Å². The highest BCUT2D eigenvalue weighted by molar-refractivity contribution is 5.95. The molecule has 1 aliphatic rings. The van der Waals surface area contributed by atoms with Crippen molar-refractivity contribution >= 4 is 5.78 Å². The molecule has 2 rings (SSSR count). The van der Waals surface area contributed by atoms with Gasteiger partial charge in [-0.25, -0.2) is 0 Å². The average molecular weight is 235 g/mol. The average Bonchev–Trinajstić information content (AvgIpc) is 2.77. The highest BCUT2D eigenvalue weighted by atomic mass is 16.1. The van der Waals surface area contributed by atoms with Crippen LogP contribution in [0, 0.1) is 11.8 Å². The Balaban J connectivity index is 1.89. The lowest BCUT2D eigenvalue weighted by Crippen LogP contribution is -2.33. The third kappa shape index (κ3) is 3.16. The van der Waals surface area contributed by atoms with Crippen LogP contribution < -0.4 is 5.32 Å². The van der Waals surface area contributed by atoms with E-state index in [1.54, 1.807) is 17.1 Å². The van der Waals surface area contributed by atoms with Gasteiger partial charge < -0.3 is 5.32 Å². The van der Waals surface area contributed by atoms with Crippen LogP contribution in [-0.2, 0) is 7.05 Å². The second-order valence-electron chi connectivity index (χ2n) is 5.11. The van der Waals surface area contributed by atoms with E-state index in [-0.39, 0.29) is 5.78 Å². The van der Waals surface area contributed by atoms with Crippen molar-refractivity contribution in [3.05, 3.63) is 18.0 Å². The summed E-state index contributed by atoms with van der Waals surface area (Å²) in [5.74, 6) is 1.32. The summed E-state index contributed by atoms with van der Waals surface area (Å²) in [7, 11) is 1.84. The minimum atomic E-state index is 0.219. The zero-order valence-corrected chi connectivity index (χ0v) is 10.6. The maximum absolute atomic E-state index is 12.0. The molecule has 0 amide bonds. The van der Waals surface area contributed by atoms with Gasteiger partial charge in [-0.15, -0.1) is 0 Å². The predicted octanol–water partition coefficient (Wildman–Crippen LogP) is 1.63. The van der Waals surface area contributed by atoms with E-state index in [0.717, 1.165) is 18.7 Å². The number of nitrogens with one attached hydrogen (secondary N) is 1. The van der Waals surface area contributed by atoms with Crippen molar-refractivity contribution in [2.75, 3.05) is 13.1 Å². The molecule has 0 bridgehead atoms. The minimum absolute atomic E-state index is 0.219. The highest BCUT2D eigenvalue weighted by Crippen LogP contribution is 2.23. The van der Waals surface area contributed by atoms with Crippen LogP contribution in [0.25, 0.3) is 0 Å². The standard InChI is InChI=1S/C13H21N3O/c1-10(11-4-3-5-14-7-11)6-13(17)12-8-15-16(2)9-12/h8-11,14H,3-7H2,1-2H3. The Morgan fingerprint density at radius 2 is 2.53 bits per heavy atom. The number of nitrogens with zero attached hydrogens (tertiary/aromatic N) is 2. The molecular weight excluding hydrogens is 214 g/mol. The molecule has 2 unspecified atom stereocenters. The first-order chi connectivity index (χ1) is 8.16. The number of piperidine rings is 1. The molecule has 94 valence electrons. The van der Waals surface area contributed by atoms with Crippen molar-refractivity contribution in [2.45, 2.75) is 26.2 Å². The summed E-state index contributed by atoms with van der Waals surface area (Å²) >= 11 is 0. The molecule has 1 fully saturated rings. The number of hydrogen-bond acceptors (Lipinski definition) is 3. The molecule has 0 saturated carbocycles. The lowest BCUT2D eigenvalue weighted by molar-refractivity contribution is 0.0943. The van der Waals surface area contributed by atoms with Crippen LogP contribution in [0.5, 0.6) is 0 Å². The van der Waals surface area contributed by atoms with E-state index in [9.17, 15) is 4.79 Å². The number of aromatic nitrogens is 2. The molecule has 2 atom stereocenters. The summed E-state index contributed by atoms with van der Waals surface area (Å²) in [5.41, 5.74) is 0.739. The zero-order valence-electron chi connectivity index (χ0n) is 10.6. The first kappa shape index (κ1) is 12.3. The van der Waals surface area contributed by atoms with E-state index >= 15 is 0 Å². The van der Waals surface area contributed by atoms with Gasteiger partial charge in [0.2, 0.25) is 0 Å². The number of hydrogen-bond donors (Lipinski definition) is 1. The van der Waals surface area contributed by atoms with Crippen molar-refractivity contribution in [3.8, 4) is 0 Å². The summed E-state index contributed by atoms with van der Waals surface area (Å²) in [4.78, 5) is 12.0. The fourth-order valence-corrected chi connectivity index (χ4v) is 2.51. The van der Waals surface area contributed by atoms with Gasteiger partial charge in [0.25, 0.3) is 0 Å². The molecule has 0 aliphatic carbocycles. The maximum atomic E-state index is 12.0. The molecule has 4 nitrogen and oxygen atoms in total.